The van der Waals surface area contributed by atoms with Crippen LogP contribution in [0.3, 0.4) is 0 Å². The molecule has 0 aliphatic heterocycles. The zero-order valence-corrected chi connectivity index (χ0v) is 11.6. The van der Waals surface area contributed by atoms with Gasteiger partial charge in [0.1, 0.15) is 11.6 Å². The summed E-state index contributed by atoms with van der Waals surface area (Å²) in [7, 11) is 1.97. The van der Waals surface area contributed by atoms with Crippen LogP contribution in [0, 0.1) is 6.92 Å². The van der Waals surface area contributed by atoms with Crippen LogP contribution in [0.4, 0.5) is 11.5 Å². The Bertz CT molecular complexity index is 760. The quantitative estimate of drug-likeness (QED) is 0.715. The number of rotatable bonds is 3. The molecule has 5 nitrogen and oxygen atoms in total. The molecule has 0 spiro atoms. The fraction of sp³-hybridized carbons (Fsp3) is 0.200. The molecular weight excluding hydrogens is 250 g/mol. The summed E-state index contributed by atoms with van der Waals surface area (Å²) in [6.07, 6.45) is 5.49. The van der Waals surface area contributed by atoms with Crippen LogP contribution < -0.4 is 11.1 Å². The lowest BCUT2D eigenvalue weighted by atomic mass is 10.1. The number of aromatic nitrogens is 3. The Balaban J connectivity index is 1.97. The summed E-state index contributed by atoms with van der Waals surface area (Å²) in [5, 5.41) is 5.40. The minimum Gasteiger partial charge on any atom is -0.398 e. The minimum atomic E-state index is 0.628. The van der Waals surface area contributed by atoms with E-state index in [1.165, 1.54) is 0 Å². The highest BCUT2D eigenvalue weighted by Crippen LogP contribution is 2.27. The summed E-state index contributed by atoms with van der Waals surface area (Å²) in [5.41, 5.74) is 7.98. The molecule has 3 N–H and O–H groups in total. The van der Waals surface area contributed by atoms with Crippen LogP contribution in [0.25, 0.3) is 10.8 Å². The van der Waals surface area contributed by atoms with Crippen molar-refractivity contribution in [2.24, 2.45) is 7.05 Å². The first-order chi connectivity index (χ1) is 9.65. The molecule has 0 saturated carbocycles. The standard InChI is InChI=1S/C15H17N5/c1-10-7-12-11(13(16)8-10)3-4-18-15(12)19-9-14-17-5-6-20(14)2/h3-8H,9,16H2,1-2H3,(H,18,19). The molecular formula is C15H17N5. The van der Waals surface area contributed by atoms with Crippen LogP contribution in [0.15, 0.2) is 36.8 Å². The van der Waals surface area contributed by atoms with Gasteiger partial charge in [-0.15, -0.1) is 0 Å². The van der Waals surface area contributed by atoms with Crippen molar-refractivity contribution in [3.63, 3.8) is 0 Å². The molecule has 2 heterocycles. The van der Waals surface area contributed by atoms with Gasteiger partial charge in [-0.3, -0.25) is 0 Å². The molecule has 20 heavy (non-hydrogen) atoms. The van der Waals surface area contributed by atoms with Crippen molar-refractivity contribution in [3.05, 3.63) is 48.2 Å². The summed E-state index contributed by atoms with van der Waals surface area (Å²) in [6.45, 7) is 2.66. The fourth-order valence-corrected chi connectivity index (χ4v) is 2.33. The first kappa shape index (κ1) is 12.5. The van der Waals surface area contributed by atoms with Crippen molar-refractivity contribution in [2.45, 2.75) is 13.5 Å². The summed E-state index contributed by atoms with van der Waals surface area (Å²) < 4.78 is 1.98. The summed E-state index contributed by atoms with van der Waals surface area (Å²) in [6, 6.07) is 6.01. The number of nitrogens with two attached hydrogens (primary N) is 1. The lowest BCUT2D eigenvalue weighted by Crippen LogP contribution is -2.07. The summed E-state index contributed by atoms with van der Waals surface area (Å²) in [5.74, 6) is 1.80. The predicted molar refractivity (Wildman–Crippen MR) is 81.4 cm³/mol. The summed E-state index contributed by atoms with van der Waals surface area (Å²) >= 11 is 0. The number of hydrogen-bond acceptors (Lipinski definition) is 4. The Labute approximate surface area is 117 Å². The van der Waals surface area contributed by atoms with E-state index in [-0.39, 0.29) is 0 Å². The average Bonchev–Trinajstić information content (AvgIpc) is 2.82. The van der Waals surface area contributed by atoms with Crippen LogP contribution >= 0.6 is 0 Å². The van der Waals surface area contributed by atoms with E-state index in [1.807, 2.05) is 36.9 Å². The molecule has 0 atom stereocenters. The van der Waals surface area contributed by atoms with Gasteiger partial charge in [0, 0.05) is 42.1 Å². The Hall–Kier alpha value is -2.56. The molecule has 5 heteroatoms. The highest BCUT2D eigenvalue weighted by Gasteiger charge is 2.07. The molecule has 1 aromatic carbocycles. The topological polar surface area (TPSA) is 68.8 Å². The van der Waals surface area contributed by atoms with Crippen molar-refractivity contribution in [2.75, 3.05) is 11.1 Å². The molecule has 0 radical (unpaired) electrons. The molecule has 2 aromatic heterocycles. The molecule has 3 aromatic rings. The zero-order valence-electron chi connectivity index (χ0n) is 11.6. The highest BCUT2D eigenvalue weighted by atomic mass is 15.1. The number of aryl methyl sites for hydroxylation is 2. The third kappa shape index (κ3) is 2.18. The maximum atomic E-state index is 6.07. The number of anilines is 2. The van der Waals surface area contributed by atoms with E-state index in [0.29, 0.717) is 6.54 Å². The van der Waals surface area contributed by atoms with E-state index < -0.39 is 0 Å². The third-order valence-electron chi connectivity index (χ3n) is 3.39. The second kappa shape index (κ2) is 4.85. The number of fused-ring (bicyclic) bond motifs is 1. The van der Waals surface area contributed by atoms with E-state index in [1.54, 1.807) is 12.4 Å². The van der Waals surface area contributed by atoms with E-state index in [9.17, 15) is 0 Å². The smallest absolute Gasteiger partial charge is 0.134 e. The molecule has 0 aliphatic carbocycles. The van der Waals surface area contributed by atoms with Crippen LogP contribution in [0.1, 0.15) is 11.4 Å². The number of nitrogens with one attached hydrogen (secondary N) is 1. The van der Waals surface area contributed by atoms with Gasteiger partial charge >= 0.3 is 0 Å². The SMILES string of the molecule is Cc1cc(N)c2ccnc(NCc3nccn3C)c2c1. The van der Waals surface area contributed by atoms with Gasteiger partial charge in [-0.2, -0.15) is 0 Å². The third-order valence-corrected chi connectivity index (χ3v) is 3.39. The van der Waals surface area contributed by atoms with Gasteiger partial charge in [0.2, 0.25) is 0 Å². The fourth-order valence-electron chi connectivity index (χ4n) is 2.33. The first-order valence-corrected chi connectivity index (χ1v) is 6.50. The van der Waals surface area contributed by atoms with E-state index >= 15 is 0 Å². The van der Waals surface area contributed by atoms with Crippen molar-refractivity contribution < 1.29 is 0 Å². The molecule has 0 saturated heterocycles. The van der Waals surface area contributed by atoms with Crippen molar-refractivity contribution in [1.29, 1.82) is 0 Å². The Kier molecular flexibility index (Phi) is 3.02. The molecule has 3 rings (SSSR count). The van der Waals surface area contributed by atoms with Gasteiger partial charge in [-0.1, -0.05) is 0 Å². The number of pyridine rings is 1. The largest absolute Gasteiger partial charge is 0.398 e. The lowest BCUT2D eigenvalue weighted by molar-refractivity contribution is 0.811. The molecule has 0 bridgehead atoms. The Morgan fingerprint density at radius 1 is 1.20 bits per heavy atom. The van der Waals surface area contributed by atoms with Crippen molar-refractivity contribution >= 4 is 22.3 Å². The van der Waals surface area contributed by atoms with Gasteiger partial charge < -0.3 is 15.6 Å². The molecule has 0 amide bonds. The Morgan fingerprint density at radius 2 is 2.05 bits per heavy atom. The molecule has 0 aliphatic rings. The highest BCUT2D eigenvalue weighted by molar-refractivity contribution is 5.99. The van der Waals surface area contributed by atoms with Gasteiger partial charge in [-0.05, 0) is 30.7 Å². The maximum absolute atomic E-state index is 6.07. The predicted octanol–water partition coefficient (Wildman–Crippen LogP) is 2.47. The normalized spacial score (nSPS) is 10.9. The van der Waals surface area contributed by atoms with Crippen molar-refractivity contribution in [1.82, 2.24) is 14.5 Å². The number of imidazole rings is 1. The number of nitrogen functional groups attached to an aromatic ring is 1. The number of benzene rings is 1. The lowest BCUT2D eigenvalue weighted by Gasteiger charge is -2.11. The van der Waals surface area contributed by atoms with Crippen LogP contribution in [-0.4, -0.2) is 14.5 Å². The van der Waals surface area contributed by atoms with E-state index in [2.05, 4.69) is 21.4 Å². The summed E-state index contributed by atoms with van der Waals surface area (Å²) in [4.78, 5) is 8.71. The van der Waals surface area contributed by atoms with Gasteiger partial charge in [0.25, 0.3) is 0 Å². The van der Waals surface area contributed by atoms with Crippen molar-refractivity contribution in [3.8, 4) is 0 Å². The molecule has 102 valence electrons. The van der Waals surface area contributed by atoms with Gasteiger partial charge in [0.05, 0.1) is 6.54 Å². The number of nitrogens with zero attached hydrogens (tertiary/aromatic N) is 3. The number of hydrogen-bond donors (Lipinski definition) is 2. The monoisotopic (exact) mass is 267 g/mol. The Morgan fingerprint density at radius 3 is 2.80 bits per heavy atom. The van der Waals surface area contributed by atoms with Crippen LogP contribution in [0.5, 0.6) is 0 Å². The van der Waals surface area contributed by atoms with E-state index in [4.69, 9.17) is 5.73 Å². The van der Waals surface area contributed by atoms with Crippen LogP contribution in [-0.2, 0) is 13.6 Å². The first-order valence-electron chi connectivity index (χ1n) is 6.50. The second-order valence-electron chi connectivity index (χ2n) is 4.92. The zero-order chi connectivity index (χ0) is 14.1. The second-order valence-corrected chi connectivity index (χ2v) is 4.92. The van der Waals surface area contributed by atoms with Crippen LogP contribution in [0.2, 0.25) is 0 Å². The van der Waals surface area contributed by atoms with Gasteiger partial charge in [0.15, 0.2) is 0 Å². The average molecular weight is 267 g/mol. The minimum absolute atomic E-state index is 0.628. The van der Waals surface area contributed by atoms with E-state index in [0.717, 1.165) is 33.7 Å². The van der Waals surface area contributed by atoms with Gasteiger partial charge in [-0.25, -0.2) is 9.97 Å². The molecule has 0 unspecified atom stereocenters. The maximum Gasteiger partial charge on any atom is 0.134 e. The molecule has 0 fully saturated rings.